The zero-order valence-corrected chi connectivity index (χ0v) is 21.7. The molecule has 2 atom stereocenters. The van der Waals surface area contributed by atoms with E-state index in [0.717, 1.165) is 69.6 Å². The predicted molar refractivity (Wildman–Crippen MR) is 140 cm³/mol. The van der Waals surface area contributed by atoms with E-state index in [9.17, 15) is 9.59 Å². The highest BCUT2D eigenvalue weighted by Crippen LogP contribution is 2.38. The largest absolute Gasteiger partial charge is 0.464 e. The lowest BCUT2D eigenvalue weighted by molar-refractivity contribution is -0.134. The molecule has 2 aromatic rings. The molecule has 1 N–H and O–H groups in total. The first kappa shape index (κ1) is 25.0. The topological polar surface area (TPSA) is 69.0 Å². The zero-order valence-electron chi connectivity index (χ0n) is 21.7. The van der Waals surface area contributed by atoms with Crippen LogP contribution in [0.25, 0.3) is 11.3 Å². The van der Waals surface area contributed by atoms with Gasteiger partial charge in [0.1, 0.15) is 11.3 Å². The molecular weight excluding hydrogens is 452 g/mol. The van der Waals surface area contributed by atoms with Crippen molar-refractivity contribution in [3.05, 3.63) is 48.2 Å². The average Bonchev–Trinajstić information content (AvgIpc) is 3.61. The van der Waals surface area contributed by atoms with Crippen LogP contribution in [-0.4, -0.2) is 71.4 Å². The lowest BCUT2D eigenvalue weighted by Crippen LogP contribution is -2.56. The van der Waals surface area contributed by atoms with Gasteiger partial charge in [-0.1, -0.05) is 37.6 Å². The number of carbonyl (C=O) groups is 2. The van der Waals surface area contributed by atoms with Crippen molar-refractivity contribution < 1.29 is 14.0 Å². The van der Waals surface area contributed by atoms with Crippen LogP contribution in [0.3, 0.4) is 0 Å². The Labute approximate surface area is 214 Å². The van der Waals surface area contributed by atoms with Crippen LogP contribution >= 0.6 is 0 Å². The fourth-order valence-electron chi connectivity index (χ4n) is 6.67. The Morgan fingerprint density at radius 2 is 1.86 bits per heavy atom. The quantitative estimate of drug-likeness (QED) is 0.513. The van der Waals surface area contributed by atoms with Crippen LogP contribution < -0.4 is 5.32 Å². The minimum absolute atomic E-state index is 0.0108. The third-order valence-corrected chi connectivity index (χ3v) is 8.69. The van der Waals surface area contributed by atoms with Crippen LogP contribution in [0.5, 0.6) is 0 Å². The first-order valence-electron chi connectivity index (χ1n) is 13.7. The molecule has 0 saturated carbocycles. The van der Waals surface area contributed by atoms with Crippen LogP contribution in [0, 0.1) is 5.92 Å². The SMILES string of the molecule is CCCC1(C2CCN(Cc3ccccc3-c3ccco3)CC2)NC(=O)N(CCC2CCCN2C)C1=O. The van der Waals surface area contributed by atoms with Crippen molar-refractivity contribution in [1.82, 2.24) is 20.0 Å². The number of furan rings is 1. The van der Waals surface area contributed by atoms with Gasteiger partial charge in [-0.3, -0.25) is 14.6 Å². The number of rotatable bonds is 9. The number of hydrogen-bond donors (Lipinski definition) is 1. The van der Waals surface area contributed by atoms with Crippen molar-refractivity contribution in [2.24, 2.45) is 5.92 Å². The molecule has 3 aliphatic rings. The Morgan fingerprint density at radius 1 is 1.06 bits per heavy atom. The van der Waals surface area contributed by atoms with E-state index in [-0.39, 0.29) is 17.9 Å². The molecule has 0 spiro atoms. The Kier molecular flexibility index (Phi) is 7.49. The molecule has 194 valence electrons. The second kappa shape index (κ2) is 10.8. The number of nitrogens with zero attached hydrogens (tertiary/aromatic N) is 3. The number of amides is 3. The van der Waals surface area contributed by atoms with E-state index in [4.69, 9.17) is 4.42 Å². The number of carbonyl (C=O) groups excluding carboxylic acids is 2. The molecule has 7 heteroatoms. The molecular formula is C29H40N4O3. The molecule has 1 aromatic heterocycles. The molecule has 0 aliphatic carbocycles. The van der Waals surface area contributed by atoms with Gasteiger partial charge in [-0.25, -0.2) is 4.79 Å². The van der Waals surface area contributed by atoms with E-state index in [1.54, 1.807) is 6.26 Å². The number of nitrogens with one attached hydrogen (secondary N) is 1. The molecule has 2 unspecified atom stereocenters. The molecule has 7 nitrogen and oxygen atoms in total. The molecule has 3 amide bonds. The van der Waals surface area contributed by atoms with Gasteiger partial charge in [0.05, 0.1) is 6.26 Å². The van der Waals surface area contributed by atoms with Crippen molar-refractivity contribution in [2.75, 3.05) is 33.2 Å². The first-order valence-corrected chi connectivity index (χ1v) is 13.7. The molecule has 5 rings (SSSR count). The maximum atomic E-state index is 13.8. The minimum Gasteiger partial charge on any atom is -0.464 e. The van der Waals surface area contributed by atoms with E-state index in [2.05, 4.69) is 47.3 Å². The highest BCUT2D eigenvalue weighted by molar-refractivity contribution is 6.07. The Morgan fingerprint density at radius 3 is 2.56 bits per heavy atom. The normalized spacial score (nSPS) is 26.2. The highest BCUT2D eigenvalue weighted by atomic mass is 16.3. The summed E-state index contributed by atoms with van der Waals surface area (Å²) < 4.78 is 5.66. The summed E-state index contributed by atoms with van der Waals surface area (Å²) in [5.74, 6) is 1.08. The number of piperidine rings is 1. The van der Waals surface area contributed by atoms with E-state index in [1.165, 1.54) is 16.9 Å². The Balaban J connectivity index is 1.23. The van der Waals surface area contributed by atoms with Gasteiger partial charge in [-0.15, -0.1) is 0 Å². The van der Waals surface area contributed by atoms with Gasteiger partial charge in [0.2, 0.25) is 0 Å². The fraction of sp³-hybridized carbons (Fsp3) is 0.586. The van der Waals surface area contributed by atoms with Gasteiger partial charge in [-0.2, -0.15) is 0 Å². The summed E-state index contributed by atoms with van der Waals surface area (Å²) in [6, 6.07) is 12.6. The monoisotopic (exact) mass is 492 g/mol. The molecule has 0 radical (unpaired) electrons. The van der Waals surface area contributed by atoms with Crippen molar-refractivity contribution in [3.8, 4) is 11.3 Å². The summed E-state index contributed by atoms with van der Waals surface area (Å²) in [5.41, 5.74) is 1.64. The second-order valence-corrected chi connectivity index (χ2v) is 10.9. The summed E-state index contributed by atoms with van der Waals surface area (Å²) in [7, 11) is 2.14. The zero-order chi connectivity index (χ0) is 25.1. The summed E-state index contributed by atoms with van der Waals surface area (Å²) in [5, 5.41) is 3.21. The van der Waals surface area contributed by atoms with Crippen LogP contribution in [-0.2, 0) is 11.3 Å². The number of hydrogen-bond acceptors (Lipinski definition) is 5. The fourth-order valence-corrected chi connectivity index (χ4v) is 6.67. The number of likely N-dealkylation sites (tertiary alicyclic amines) is 2. The van der Waals surface area contributed by atoms with Crippen molar-refractivity contribution in [2.45, 2.75) is 70.0 Å². The van der Waals surface area contributed by atoms with Gasteiger partial charge in [0.25, 0.3) is 5.91 Å². The molecule has 3 saturated heterocycles. The molecule has 36 heavy (non-hydrogen) atoms. The van der Waals surface area contributed by atoms with Crippen LogP contribution in [0.2, 0.25) is 0 Å². The number of urea groups is 1. The average molecular weight is 493 g/mol. The maximum absolute atomic E-state index is 13.8. The van der Waals surface area contributed by atoms with Gasteiger partial charge in [0.15, 0.2) is 0 Å². The maximum Gasteiger partial charge on any atom is 0.325 e. The lowest BCUT2D eigenvalue weighted by atomic mass is 9.74. The first-order chi connectivity index (χ1) is 17.5. The van der Waals surface area contributed by atoms with Gasteiger partial charge in [-0.05, 0) is 88.8 Å². The summed E-state index contributed by atoms with van der Waals surface area (Å²) in [6.45, 7) is 6.42. The predicted octanol–water partition coefficient (Wildman–Crippen LogP) is 4.73. The van der Waals surface area contributed by atoms with Gasteiger partial charge >= 0.3 is 6.03 Å². The third kappa shape index (κ3) is 4.83. The van der Waals surface area contributed by atoms with E-state index in [0.29, 0.717) is 19.0 Å². The third-order valence-electron chi connectivity index (χ3n) is 8.69. The number of benzene rings is 1. The summed E-state index contributed by atoms with van der Waals surface area (Å²) in [6.07, 6.45) is 8.35. The molecule has 3 fully saturated rings. The molecule has 1 aromatic carbocycles. The summed E-state index contributed by atoms with van der Waals surface area (Å²) >= 11 is 0. The van der Waals surface area contributed by atoms with Gasteiger partial charge in [0, 0.05) is 24.7 Å². The molecule has 3 aliphatic heterocycles. The van der Waals surface area contributed by atoms with Crippen molar-refractivity contribution in [3.63, 3.8) is 0 Å². The summed E-state index contributed by atoms with van der Waals surface area (Å²) in [4.78, 5) is 33.1. The van der Waals surface area contributed by atoms with E-state index in [1.807, 2.05) is 18.2 Å². The molecule has 0 bridgehead atoms. The molecule has 4 heterocycles. The van der Waals surface area contributed by atoms with E-state index < -0.39 is 5.54 Å². The van der Waals surface area contributed by atoms with E-state index >= 15 is 0 Å². The van der Waals surface area contributed by atoms with Crippen molar-refractivity contribution in [1.29, 1.82) is 0 Å². The lowest BCUT2D eigenvalue weighted by Gasteiger charge is -2.41. The van der Waals surface area contributed by atoms with Crippen molar-refractivity contribution >= 4 is 11.9 Å². The standard InChI is InChI=1S/C29H40N4O3/c1-3-15-29(27(34)33(28(35)30-29)19-14-24-9-6-16-31(24)2)23-12-17-32(18-13-23)21-22-8-4-5-10-25(22)26-11-7-20-36-26/h4-5,7-8,10-11,20,23-24H,3,6,9,12-19,21H2,1-2H3,(H,30,35). The smallest absolute Gasteiger partial charge is 0.325 e. The Hall–Kier alpha value is -2.64. The second-order valence-electron chi connectivity index (χ2n) is 10.9. The van der Waals surface area contributed by atoms with Crippen LogP contribution in [0.15, 0.2) is 47.1 Å². The Bertz CT molecular complexity index is 1050. The highest BCUT2D eigenvalue weighted by Gasteiger charge is 2.55. The number of imide groups is 1. The van der Waals surface area contributed by atoms with Crippen LogP contribution in [0.4, 0.5) is 4.79 Å². The van der Waals surface area contributed by atoms with Gasteiger partial charge < -0.3 is 14.6 Å². The van der Waals surface area contributed by atoms with Crippen LogP contribution in [0.1, 0.15) is 57.4 Å². The minimum atomic E-state index is -0.744.